The monoisotopic (exact) mass is 329 g/mol. The highest BCUT2D eigenvalue weighted by atomic mass is 16.5. The smallest absolute Gasteiger partial charge is 0.322 e. The van der Waals surface area contributed by atoms with Crippen molar-refractivity contribution >= 4 is 11.9 Å². The fraction of sp³-hybridized carbons (Fsp3) is 0.600. The number of hydrogen-bond acceptors (Lipinski definition) is 3. The zero-order chi connectivity index (χ0) is 16.9. The highest BCUT2D eigenvalue weighted by Crippen LogP contribution is 2.37. The molecule has 1 atom stereocenters. The first-order valence-corrected chi connectivity index (χ1v) is 9.18. The quantitative estimate of drug-likeness (QED) is 0.626. The molecule has 0 radical (unpaired) electrons. The lowest BCUT2D eigenvalue weighted by molar-refractivity contribution is -0.149. The van der Waals surface area contributed by atoms with Gasteiger partial charge in [0.1, 0.15) is 0 Å². The van der Waals surface area contributed by atoms with Crippen LogP contribution in [0.3, 0.4) is 0 Å². The van der Waals surface area contributed by atoms with E-state index in [2.05, 4.69) is 6.07 Å². The molecule has 0 N–H and O–H groups in total. The van der Waals surface area contributed by atoms with Gasteiger partial charge in [-0.1, -0.05) is 43.5 Å². The Morgan fingerprint density at radius 1 is 1.04 bits per heavy atom. The van der Waals surface area contributed by atoms with Gasteiger partial charge in [0.05, 0.1) is 7.11 Å². The summed E-state index contributed by atoms with van der Waals surface area (Å²) in [6.45, 7) is 1.50. The van der Waals surface area contributed by atoms with Crippen molar-refractivity contribution in [3.63, 3.8) is 0 Å². The lowest BCUT2D eigenvalue weighted by Gasteiger charge is -2.28. The summed E-state index contributed by atoms with van der Waals surface area (Å²) in [6, 6.07) is 7.98. The molecule has 1 heterocycles. The normalized spacial score (nSPS) is 20.0. The highest BCUT2D eigenvalue weighted by Gasteiger charge is 2.36. The molecule has 1 aliphatic carbocycles. The molecule has 1 aromatic rings. The highest BCUT2D eigenvalue weighted by molar-refractivity contribution is 6.03. The molecular formula is C20H27NO3. The molecule has 4 heteroatoms. The number of amides is 1. The summed E-state index contributed by atoms with van der Waals surface area (Å²) < 4.78 is 5.00. The zero-order valence-electron chi connectivity index (χ0n) is 14.5. The molecule has 0 aromatic heterocycles. The van der Waals surface area contributed by atoms with E-state index in [1.165, 1.54) is 31.9 Å². The van der Waals surface area contributed by atoms with E-state index in [0.717, 1.165) is 44.3 Å². The van der Waals surface area contributed by atoms with E-state index in [-0.39, 0.29) is 5.91 Å². The summed E-state index contributed by atoms with van der Waals surface area (Å²) in [5, 5.41) is 0. The van der Waals surface area contributed by atoms with Gasteiger partial charge in [-0.05, 0) is 42.7 Å². The lowest BCUT2D eigenvalue weighted by Crippen LogP contribution is -2.37. The number of likely N-dealkylation sites (tertiary alicyclic amines) is 1. The molecular weight excluding hydrogens is 302 g/mol. The van der Waals surface area contributed by atoms with Crippen LogP contribution < -0.4 is 0 Å². The van der Waals surface area contributed by atoms with Crippen molar-refractivity contribution in [1.29, 1.82) is 0 Å². The van der Waals surface area contributed by atoms with Crippen molar-refractivity contribution < 1.29 is 14.3 Å². The van der Waals surface area contributed by atoms with Gasteiger partial charge in [0, 0.05) is 13.1 Å². The van der Waals surface area contributed by atoms with Crippen LogP contribution in [0.1, 0.15) is 67.9 Å². The number of nitrogens with zero attached hydrogens (tertiary/aromatic N) is 1. The first-order valence-electron chi connectivity index (χ1n) is 9.18. The van der Waals surface area contributed by atoms with Crippen molar-refractivity contribution in [3.05, 3.63) is 35.4 Å². The van der Waals surface area contributed by atoms with Gasteiger partial charge < -0.3 is 9.64 Å². The summed E-state index contributed by atoms with van der Waals surface area (Å²) >= 11 is 0. The van der Waals surface area contributed by atoms with Crippen LogP contribution in [0.15, 0.2) is 24.3 Å². The van der Waals surface area contributed by atoms with Crippen molar-refractivity contribution in [1.82, 2.24) is 4.90 Å². The average Bonchev–Trinajstić information content (AvgIpc) is 3.17. The van der Waals surface area contributed by atoms with Gasteiger partial charge in [0.25, 0.3) is 0 Å². The van der Waals surface area contributed by atoms with Gasteiger partial charge in [0.2, 0.25) is 5.91 Å². The topological polar surface area (TPSA) is 46.6 Å². The predicted molar refractivity (Wildman–Crippen MR) is 92.8 cm³/mol. The molecule has 1 amide bonds. The van der Waals surface area contributed by atoms with Crippen molar-refractivity contribution in [2.45, 2.75) is 56.8 Å². The molecule has 1 unspecified atom stereocenters. The molecule has 1 aromatic carbocycles. The van der Waals surface area contributed by atoms with Gasteiger partial charge in [-0.25, -0.2) is 0 Å². The average molecular weight is 329 g/mol. The van der Waals surface area contributed by atoms with Crippen molar-refractivity contribution in [3.8, 4) is 0 Å². The third-order valence-corrected chi connectivity index (χ3v) is 5.45. The van der Waals surface area contributed by atoms with Gasteiger partial charge in [-0.3, -0.25) is 9.59 Å². The van der Waals surface area contributed by atoms with E-state index in [0.29, 0.717) is 5.92 Å². The van der Waals surface area contributed by atoms with E-state index in [4.69, 9.17) is 4.74 Å². The third-order valence-electron chi connectivity index (χ3n) is 5.45. The maximum Gasteiger partial charge on any atom is 0.322 e. The molecule has 4 nitrogen and oxygen atoms in total. The first-order chi connectivity index (χ1) is 11.7. The largest absolute Gasteiger partial charge is 0.468 e. The van der Waals surface area contributed by atoms with E-state index in [1.807, 2.05) is 23.1 Å². The maximum atomic E-state index is 13.0. The van der Waals surface area contributed by atoms with Crippen LogP contribution in [0.2, 0.25) is 0 Å². The molecule has 2 fully saturated rings. The molecule has 130 valence electrons. The lowest BCUT2D eigenvalue weighted by atomic mass is 9.79. The summed E-state index contributed by atoms with van der Waals surface area (Å²) in [5.41, 5.74) is 2.02. The number of carbonyl (C=O) groups excluding carboxylic acids is 2. The summed E-state index contributed by atoms with van der Waals surface area (Å²) in [7, 11) is 1.37. The van der Waals surface area contributed by atoms with E-state index >= 15 is 0 Å². The molecule has 3 rings (SSSR count). The molecule has 24 heavy (non-hydrogen) atoms. The molecule has 1 saturated heterocycles. The summed E-state index contributed by atoms with van der Waals surface area (Å²) in [5.74, 6) is -0.891. The Kier molecular flexibility index (Phi) is 5.54. The number of benzene rings is 1. The molecule has 1 saturated carbocycles. The molecule has 1 aliphatic heterocycles. The van der Waals surface area contributed by atoms with Gasteiger partial charge in [-0.15, -0.1) is 0 Å². The Balaban J connectivity index is 1.95. The van der Waals surface area contributed by atoms with Crippen LogP contribution in [-0.2, 0) is 14.3 Å². The van der Waals surface area contributed by atoms with E-state index in [1.54, 1.807) is 0 Å². The minimum absolute atomic E-state index is 0.0948. The SMILES string of the molecule is COC(=O)C(C(=O)N1CCCC1)c1ccccc1C1CCCCC1. The van der Waals surface area contributed by atoms with Crippen molar-refractivity contribution in [2.75, 3.05) is 20.2 Å². The standard InChI is InChI=1S/C20H27NO3/c1-24-20(23)18(19(22)21-13-7-8-14-21)17-12-6-5-11-16(17)15-9-3-2-4-10-15/h5-6,11-12,15,18H,2-4,7-10,13-14H2,1H3. The third kappa shape index (κ3) is 3.47. The van der Waals surface area contributed by atoms with Crippen LogP contribution in [0, 0.1) is 0 Å². The van der Waals surface area contributed by atoms with E-state index < -0.39 is 11.9 Å². The number of hydrogen-bond donors (Lipinski definition) is 0. The predicted octanol–water partition coefficient (Wildman–Crippen LogP) is 3.61. The van der Waals surface area contributed by atoms with Crippen LogP contribution in [0.5, 0.6) is 0 Å². The first kappa shape index (κ1) is 17.0. The second-order valence-corrected chi connectivity index (χ2v) is 6.95. The summed E-state index contributed by atoms with van der Waals surface area (Å²) in [6.07, 6.45) is 8.05. The maximum absolute atomic E-state index is 13.0. The van der Waals surface area contributed by atoms with Crippen LogP contribution in [0.4, 0.5) is 0 Å². The van der Waals surface area contributed by atoms with Crippen LogP contribution in [0.25, 0.3) is 0 Å². The Morgan fingerprint density at radius 3 is 2.38 bits per heavy atom. The van der Waals surface area contributed by atoms with Crippen LogP contribution in [-0.4, -0.2) is 37.0 Å². The number of methoxy groups -OCH3 is 1. The minimum atomic E-state index is -0.814. The molecule has 0 bridgehead atoms. The van der Waals surface area contributed by atoms with E-state index in [9.17, 15) is 9.59 Å². The van der Waals surface area contributed by atoms with Crippen LogP contribution >= 0.6 is 0 Å². The number of rotatable bonds is 4. The number of esters is 1. The Labute approximate surface area is 144 Å². The Morgan fingerprint density at radius 2 is 1.71 bits per heavy atom. The zero-order valence-corrected chi connectivity index (χ0v) is 14.5. The summed E-state index contributed by atoms with van der Waals surface area (Å²) in [4.78, 5) is 27.3. The Hall–Kier alpha value is -1.84. The molecule has 0 spiro atoms. The Bertz CT molecular complexity index is 586. The fourth-order valence-electron chi connectivity index (χ4n) is 4.16. The van der Waals surface area contributed by atoms with Crippen molar-refractivity contribution in [2.24, 2.45) is 0 Å². The fourth-order valence-corrected chi connectivity index (χ4v) is 4.16. The second-order valence-electron chi connectivity index (χ2n) is 6.95. The number of carbonyl (C=O) groups is 2. The van der Waals surface area contributed by atoms with Gasteiger partial charge in [0.15, 0.2) is 5.92 Å². The molecule has 2 aliphatic rings. The van der Waals surface area contributed by atoms with Gasteiger partial charge >= 0.3 is 5.97 Å². The second kappa shape index (κ2) is 7.82. The minimum Gasteiger partial charge on any atom is -0.468 e. The van der Waals surface area contributed by atoms with Gasteiger partial charge in [-0.2, -0.15) is 0 Å². The number of ether oxygens (including phenoxy) is 1.